The topological polar surface area (TPSA) is 115 Å². The minimum atomic E-state index is -0.351. The molecule has 1 aliphatic rings. The number of anilines is 1. The highest BCUT2D eigenvalue weighted by Gasteiger charge is 2.25. The van der Waals surface area contributed by atoms with Gasteiger partial charge in [0.15, 0.2) is 34.5 Å². The summed E-state index contributed by atoms with van der Waals surface area (Å²) in [6.45, 7) is 1.18. The Morgan fingerprint density at radius 3 is 1.59 bits per heavy atom. The molecule has 2 N–H and O–H groups in total. The van der Waals surface area contributed by atoms with Gasteiger partial charge in [0, 0.05) is 5.69 Å². The molecule has 1 atom stereocenters. The Hall–Kier alpha value is -5.71. The van der Waals surface area contributed by atoms with Crippen LogP contribution < -0.4 is 48.5 Å². The first-order valence-corrected chi connectivity index (χ1v) is 18.3. The van der Waals surface area contributed by atoms with E-state index in [0.29, 0.717) is 64.8 Å². The molecule has 1 amide bonds. The SMILES string of the molecule is COc1cc(C2NC(=O)c3ccccc3N2)ccc1OCCCCCCCCCOc1c(OC)cc(C=Cc2cc(OC)c(OC)c(OC)c2)cc1OC. The summed E-state index contributed by atoms with van der Waals surface area (Å²) in [5, 5.41) is 6.39. The van der Waals surface area contributed by atoms with Crippen LogP contribution in [0.25, 0.3) is 12.2 Å². The molecule has 54 heavy (non-hydrogen) atoms. The molecular weight excluding hydrogens is 688 g/mol. The lowest BCUT2D eigenvalue weighted by Crippen LogP contribution is -2.38. The van der Waals surface area contributed by atoms with Crippen LogP contribution in [0, 0.1) is 0 Å². The van der Waals surface area contributed by atoms with Crippen LogP contribution in [0.3, 0.4) is 0 Å². The van der Waals surface area contributed by atoms with Gasteiger partial charge in [-0.3, -0.25) is 4.79 Å². The van der Waals surface area contributed by atoms with Crippen molar-refractivity contribution >= 4 is 23.7 Å². The number of carbonyl (C=O) groups excluding carboxylic acids is 1. The lowest BCUT2D eigenvalue weighted by Gasteiger charge is -2.28. The van der Waals surface area contributed by atoms with E-state index in [0.717, 1.165) is 67.3 Å². The zero-order chi connectivity index (χ0) is 38.3. The van der Waals surface area contributed by atoms with Crippen molar-refractivity contribution in [2.24, 2.45) is 0 Å². The second kappa shape index (κ2) is 19.9. The maximum Gasteiger partial charge on any atom is 0.255 e. The number of benzene rings is 4. The molecule has 0 radical (unpaired) electrons. The minimum Gasteiger partial charge on any atom is -0.493 e. The summed E-state index contributed by atoms with van der Waals surface area (Å²) >= 11 is 0. The second-order valence-electron chi connectivity index (χ2n) is 12.7. The normalized spacial score (nSPS) is 13.4. The van der Waals surface area contributed by atoms with Gasteiger partial charge in [0.2, 0.25) is 11.5 Å². The van der Waals surface area contributed by atoms with E-state index >= 15 is 0 Å². The lowest BCUT2D eigenvalue weighted by atomic mass is 10.1. The van der Waals surface area contributed by atoms with Crippen molar-refractivity contribution in [2.45, 2.75) is 51.1 Å². The molecule has 5 rings (SSSR count). The summed E-state index contributed by atoms with van der Waals surface area (Å²) in [6.07, 6.45) is 11.0. The molecule has 1 aliphatic heterocycles. The number of carbonyl (C=O) groups is 1. The molecule has 0 fully saturated rings. The lowest BCUT2D eigenvalue weighted by molar-refractivity contribution is 0.0935. The van der Waals surface area contributed by atoms with E-state index in [2.05, 4.69) is 10.6 Å². The second-order valence-corrected chi connectivity index (χ2v) is 12.7. The Morgan fingerprint density at radius 2 is 1.04 bits per heavy atom. The van der Waals surface area contributed by atoms with E-state index in [9.17, 15) is 4.79 Å². The fourth-order valence-electron chi connectivity index (χ4n) is 6.33. The van der Waals surface area contributed by atoms with Gasteiger partial charge >= 0.3 is 0 Å². The zero-order valence-electron chi connectivity index (χ0n) is 32.1. The number of unbranched alkanes of at least 4 members (excludes halogenated alkanes) is 6. The van der Waals surface area contributed by atoms with Gasteiger partial charge < -0.3 is 48.5 Å². The van der Waals surface area contributed by atoms with Crippen molar-refractivity contribution in [2.75, 3.05) is 61.2 Å². The zero-order valence-corrected chi connectivity index (χ0v) is 32.1. The van der Waals surface area contributed by atoms with Crippen LogP contribution in [0.15, 0.2) is 66.7 Å². The molecule has 0 aromatic heterocycles. The fraction of sp³-hybridized carbons (Fsp3) is 0.372. The molecule has 0 aliphatic carbocycles. The van der Waals surface area contributed by atoms with Gasteiger partial charge in [0.1, 0.15) is 6.17 Å². The third kappa shape index (κ3) is 10.0. The number of para-hydroxylation sites is 1. The third-order valence-corrected chi connectivity index (χ3v) is 9.20. The van der Waals surface area contributed by atoms with Gasteiger partial charge in [-0.05, 0) is 78.1 Å². The molecule has 4 aromatic rings. The summed E-state index contributed by atoms with van der Waals surface area (Å²) in [7, 11) is 9.66. The highest BCUT2D eigenvalue weighted by Crippen LogP contribution is 2.41. The molecule has 11 nitrogen and oxygen atoms in total. The Labute approximate surface area is 318 Å². The van der Waals surface area contributed by atoms with Gasteiger partial charge in [-0.25, -0.2) is 0 Å². The Kier molecular flexibility index (Phi) is 14.6. The Bertz CT molecular complexity index is 1830. The Balaban J connectivity index is 1.00. The number of amides is 1. The molecule has 1 unspecified atom stereocenters. The highest BCUT2D eigenvalue weighted by molar-refractivity contribution is 6.01. The number of hydrogen-bond donors (Lipinski definition) is 2. The van der Waals surface area contributed by atoms with Gasteiger partial charge in [-0.1, -0.05) is 62.5 Å². The maximum atomic E-state index is 12.6. The van der Waals surface area contributed by atoms with Crippen molar-refractivity contribution in [3.63, 3.8) is 0 Å². The fourth-order valence-corrected chi connectivity index (χ4v) is 6.33. The summed E-state index contributed by atoms with van der Waals surface area (Å²) < 4.78 is 45.6. The first kappa shape index (κ1) is 39.5. The quantitative estimate of drug-likeness (QED) is 0.0634. The van der Waals surface area contributed by atoms with Crippen LogP contribution in [0.1, 0.15) is 78.2 Å². The number of ether oxygens (including phenoxy) is 8. The predicted molar refractivity (Wildman–Crippen MR) is 211 cm³/mol. The van der Waals surface area contributed by atoms with Gasteiger partial charge in [-0.15, -0.1) is 0 Å². The number of nitrogens with one attached hydrogen (secondary N) is 2. The van der Waals surface area contributed by atoms with Crippen molar-refractivity contribution in [3.8, 4) is 46.0 Å². The van der Waals surface area contributed by atoms with Crippen molar-refractivity contribution in [1.82, 2.24) is 5.32 Å². The average molecular weight is 741 g/mol. The highest BCUT2D eigenvalue weighted by atomic mass is 16.5. The predicted octanol–water partition coefficient (Wildman–Crippen LogP) is 8.95. The molecule has 1 heterocycles. The van der Waals surface area contributed by atoms with Crippen LogP contribution in [-0.4, -0.2) is 61.8 Å². The first-order valence-electron chi connectivity index (χ1n) is 18.3. The number of hydrogen-bond acceptors (Lipinski definition) is 10. The van der Waals surface area contributed by atoms with Crippen LogP contribution in [0.4, 0.5) is 5.69 Å². The molecule has 4 aromatic carbocycles. The van der Waals surface area contributed by atoms with Crippen molar-refractivity contribution in [3.05, 3.63) is 89.0 Å². The van der Waals surface area contributed by atoms with E-state index in [4.69, 9.17) is 37.9 Å². The molecule has 11 heteroatoms. The van der Waals surface area contributed by atoms with E-state index in [1.54, 1.807) is 48.7 Å². The summed E-state index contributed by atoms with van der Waals surface area (Å²) in [6, 6.07) is 20.9. The number of methoxy groups -OCH3 is 6. The molecule has 0 spiro atoms. The summed E-state index contributed by atoms with van der Waals surface area (Å²) in [5.41, 5.74) is 4.11. The summed E-state index contributed by atoms with van der Waals surface area (Å²) in [5.74, 6) is 4.75. The van der Waals surface area contributed by atoms with Gasteiger partial charge in [-0.2, -0.15) is 0 Å². The van der Waals surface area contributed by atoms with E-state index < -0.39 is 0 Å². The molecular formula is C43H52N2O9. The number of fused-ring (bicyclic) bond motifs is 1. The van der Waals surface area contributed by atoms with E-state index in [1.165, 1.54) is 0 Å². The first-order chi connectivity index (χ1) is 26.4. The maximum absolute atomic E-state index is 12.6. The number of rotatable bonds is 21. The average Bonchev–Trinajstić information content (AvgIpc) is 3.21. The van der Waals surface area contributed by atoms with Crippen molar-refractivity contribution < 1.29 is 42.7 Å². The Morgan fingerprint density at radius 1 is 0.519 bits per heavy atom. The van der Waals surface area contributed by atoms with Gasteiger partial charge in [0.05, 0.1) is 61.4 Å². The molecule has 0 saturated carbocycles. The van der Waals surface area contributed by atoms with Crippen LogP contribution >= 0.6 is 0 Å². The standard InChI is InChI=1S/C43H52N2O9/c1-47-35-28-31(42-44-33-17-13-12-16-32(33)43(46)45-42)20-21-34(35)53-22-14-10-8-7-9-11-15-23-54-41-38(50-4)26-30(27-39(41)51-5)19-18-29-24-36(48-2)40(52-6)37(25-29)49-3/h12-13,16-21,24-28,42,44H,7-11,14-15,22-23H2,1-6H3,(H,45,46). The van der Waals surface area contributed by atoms with Crippen LogP contribution in [0.5, 0.6) is 46.0 Å². The molecule has 288 valence electrons. The van der Waals surface area contributed by atoms with E-state index in [-0.39, 0.29) is 12.1 Å². The van der Waals surface area contributed by atoms with Crippen molar-refractivity contribution in [1.29, 1.82) is 0 Å². The van der Waals surface area contributed by atoms with Gasteiger partial charge in [0.25, 0.3) is 5.91 Å². The third-order valence-electron chi connectivity index (χ3n) is 9.20. The summed E-state index contributed by atoms with van der Waals surface area (Å²) in [4.78, 5) is 12.6. The monoisotopic (exact) mass is 740 g/mol. The van der Waals surface area contributed by atoms with Crippen LogP contribution in [-0.2, 0) is 0 Å². The molecule has 0 saturated heterocycles. The smallest absolute Gasteiger partial charge is 0.255 e. The molecule has 0 bridgehead atoms. The van der Waals surface area contributed by atoms with Crippen LogP contribution in [0.2, 0.25) is 0 Å². The largest absolute Gasteiger partial charge is 0.493 e. The minimum absolute atomic E-state index is 0.106. The van der Waals surface area contributed by atoms with E-state index in [1.807, 2.05) is 72.8 Å².